The third kappa shape index (κ3) is 1.91. The summed E-state index contributed by atoms with van der Waals surface area (Å²) in [5, 5.41) is 2.57. The molecule has 1 aliphatic rings. The molecular weight excluding hydrogens is 319 g/mol. The van der Waals surface area contributed by atoms with Crippen LogP contribution >= 0.6 is 22.6 Å². The number of hydrogen-bond donors (Lipinski definition) is 1. The molecular formula is C11H11IN2O2. The number of nitrogens with zero attached hydrogens (tertiary/aromatic N) is 1. The van der Waals surface area contributed by atoms with Gasteiger partial charge in [0, 0.05) is 3.57 Å². The van der Waals surface area contributed by atoms with Gasteiger partial charge in [-0.2, -0.15) is 0 Å². The minimum atomic E-state index is -0.447. The van der Waals surface area contributed by atoms with E-state index in [-0.39, 0.29) is 18.4 Å². The number of carbonyl (C=O) groups is 2. The zero-order chi connectivity index (χ0) is 11.7. The van der Waals surface area contributed by atoms with Gasteiger partial charge in [-0.3, -0.25) is 14.5 Å². The van der Waals surface area contributed by atoms with Gasteiger partial charge in [0.15, 0.2) is 0 Å². The van der Waals surface area contributed by atoms with Gasteiger partial charge in [0.1, 0.15) is 6.04 Å². The Morgan fingerprint density at radius 1 is 1.38 bits per heavy atom. The monoisotopic (exact) mass is 330 g/mol. The number of piperazine rings is 1. The smallest absolute Gasteiger partial charge is 0.247 e. The highest BCUT2D eigenvalue weighted by molar-refractivity contribution is 14.1. The van der Waals surface area contributed by atoms with Crippen molar-refractivity contribution in [3.8, 4) is 0 Å². The number of rotatable bonds is 1. The minimum absolute atomic E-state index is 0.0729. The predicted octanol–water partition coefficient (Wildman–Crippen LogP) is 1.14. The van der Waals surface area contributed by atoms with E-state index in [1.54, 1.807) is 11.8 Å². The number of halogens is 1. The molecule has 1 saturated heterocycles. The van der Waals surface area contributed by atoms with Crippen LogP contribution in [0, 0.1) is 3.57 Å². The average molecular weight is 330 g/mol. The molecule has 1 aliphatic heterocycles. The third-order valence-corrected chi connectivity index (χ3v) is 3.47. The molecule has 1 heterocycles. The van der Waals surface area contributed by atoms with Crippen LogP contribution in [0.25, 0.3) is 0 Å². The Labute approximate surface area is 107 Å². The molecule has 1 fully saturated rings. The molecule has 0 aromatic heterocycles. The van der Waals surface area contributed by atoms with E-state index in [9.17, 15) is 9.59 Å². The lowest BCUT2D eigenvalue weighted by atomic mass is 10.1. The summed E-state index contributed by atoms with van der Waals surface area (Å²) < 4.78 is 0.968. The van der Waals surface area contributed by atoms with Gasteiger partial charge in [0.25, 0.3) is 0 Å². The molecule has 2 rings (SSSR count). The second-order valence-electron chi connectivity index (χ2n) is 3.61. The van der Waals surface area contributed by atoms with Gasteiger partial charge in [0.05, 0.1) is 12.2 Å². The quantitative estimate of drug-likeness (QED) is 0.785. The average Bonchev–Trinajstić information content (AvgIpc) is 2.27. The van der Waals surface area contributed by atoms with Gasteiger partial charge in [-0.25, -0.2) is 0 Å². The zero-order valence-corrected chi connectivity index (χ0v) is 10.9. The number of amides is 2. The van der Waals surface area contributed by atoms with E-state index >= 15 is 0 Å². The van der Waals surface area contributed by atoms with E-state index in [2.05, 4.69) is 27.9 Å². The lowest BCUT2D eigenvalue weighted by molar-refractivity contribution is -0.130. The Morgan fingerprint density at radius 3 is 2.75 bits per heavy atom. The van der Waals surface area contributed by atoms with Crippen molar-refractivity contribution in [2.75, 3.05) is 11.4 Å². The lowest BCUT2D eigenvalue weighted by Gasteiger charge is -2.33. The topological polar surface area (TPSA) is 49.4 Å². The SMILES string of the molecule is CC1C(=O)NCC(=O)N1c1ccccc1I. The molecule has 1 N–H and O–H groups in total. The molecule has 0 radical (unpaired) electrons. The number of benzene rings is 1. The lowest BCUT2D eigenvalue weighted by Crippen LogP contribution is -2.57. The molecule has 0 saturated carbocycles. The number of carbonyl (C=O) groups excluding carboxylic acids is 2. The fourth-order valence-electron chi connectivity index (χ4n) is 1.72. The van der Waals surface area contributed by atoms with Crippen molar-refractivity contribution in [3.63, 3.8) is 0 Å². The van der Waals surface area contributed by atoms with Gasteiger partial charge in [0.2, 0.25) is 11.8 Å². The molecule has 0 spiro atoms. The van der Waals surface area contributed by atoms with Crippen molar-refractivity contribution >= 4 is 40.1 Å². The van der Waals surface area contributed by atoms with Crippen LogP contribution in [0.4, 0.5) is 5.69 Å². The molecule has 1 aromatic rings. The van der Waals surface area contributed by atoms with Crippen LogP contribution in [0.2, 0.25) is 0 Å². The summed E-state index contributed by atoms with van der Waals surface area (Å²) in [6.45, 7) is 1.81. The maximum Gasteiger partial charge on any atom is 0.247 e. The first-order valence-electron chi connectivity index (χ1n) is 4.95. The van der Waals surface area contributed by atoms with Crippen molar-refractivity contribution in [1.82, 2.24) is 5.32 Å². The maximum atomic E-state index is 11.8. The number of anilines is 1. The zero-order valence-electron chi connectivity index (χ0n) is 8.74. The molecule has 84 valence electrons. The molecule has 2 amide bonds. The van der Waals surface area contributed by atoms with Gasteiger partial charge in [-0.15, -0.1) is 0 Å². The van der Waals surface area contributed by atoms with Crippen molar-refractivity contribution in [3.05, 3.63) is 27.8 Å². The molecule has 16 heavy (non-hydrogen) atoms. The van der Waals surface area contributed by atoms with Crippen LogP contribution in [-0.4, -0.2) is 24.4 Å². The molecule has 4 nitrogen and oxygen atoms in total. The number of hydrogen-bond acceptors (Lipinski definition) is 2. The molecule has 0 bridgehead atoms. The number of para-hydroxylation sites is 1. The highest BCUT2D eigenvalue weighted by Gasteiger charge is 2.32. The van der Waals surface area contributed by atoms with Gasteiger partial charge < -0.3 is 5.32 Å². The van der Waals surface area contributed by atoms with E-state index in [0.29, 0.717) is 0 Å². The summed E-state index contributed by atoms with van der Waals surface area (Å²) in [6, 6.07) is 7.10. The standard InChI is InChI=1S/C11H11IN2O2/c1-7-11(16)13-6-10(15)14(7)9-5-3-2-4-8(9)12/h2-5,7H,6H2,1H3,(H,13,16). The van der Waals surface area contributed by atoms with Crippen LogP contribution in [0.5, 0.6) is 0 Å². The Balaban J connectivity index is 2.41. The molecule has 1 aromatic carbocycles. The van der Waals surface area contributed by atoms with Crippen LogP contribution in [0.15, 0.2) is 24.3 Å². The van der Waals surface area contributed by atoms with Crippen molar-refractivity contribution in [2.24, 2.45) is 0 Å². The third-order valence-electron chi connectivity index (χ3n) is 2.56. The first kappa shape index (κ1) is 11.4. The number of nitrogens with one attached hydrogen (secondary N) is 1. The predicted molar refractivity (Wildman–Crippen MR) is 69.1 cm³/mol. The summed E-state index contributed by atoms with van der Waals surface area (Å²) in [5.41, 5.74) is 0.801. The second kappa shape index (κ2) is 4.40. The summed E-state index contributed by atoms with van der Waals surface area (Å²) in [6.07, 6.45) is 0. The van der Waals surface area contributed by atoms with E-state index < -0.39 is 6.04 Å². The molecule has 1 atom stereocenters. The molecule has 1 unspecified atom stereocenters. The second-order valence-corrected chi connectivity index (χ2v) is 4.77. The Hall–Kier alpha value is -1.11. The summed E-state index contributed by atoms with van der Waals surface area (Å²) in [5.74, 6) is -0.185. The summed E-state index contributed by atoms with van der Waals surface area (Å²) >= 11 is 2.16. The van der Waals surface area contributed by atoms with E-state index in [0.717, 1.165) is 9.26 Å². The van der Waals surface area contributed by atoms with Gasteiger partial charge >= 0.3 is 0 Å². The Bertz CT molecular complexity index is 447. The summed E-state index contributed by atoms with van der Waals surface area (Å²) in [4.78, 5) is 24.9. The Kier molecular flexibility index (Phi) is 3.13. The van der Waals surface area contributed by atoms with Crippen LogP contribution in [-0.2, 0) is 9.59 Å². The summed E-state index contributed by atoms with van der Waals surface area (Å²) in [7, 11) is 0. The van der Waals surface area contributed by atoms with Crippen molar-refractivity contribution < 1.29 is 9.59 Å². The molecule has 0 aliphatic carbocycles. The van der Waals surface area contributed by atoms with E-state index in [4.69, 9.17) is 0 Å². The van der Waals surface area contributed by atoms with Crippen LogP contribution < -0.4 is 10.2 Å². The first-order valence-corrected chi connectivity index (χ1v) is 6.03. The van der Waals surface area contributed by atoms with Crippen LogP contribution in [0.1, 0.15) is 6.92 Å². The van der Waals surface area contributed by atoms with Crippen LogP contribution in [0.3, 0.4) is 0 Å². The fraction of sp³-hybridized carbons (Fsp3) is 0.273. The molecule has 5 heteroatoms. The normalized spacial score (nSPS) is 20.9. The van der Waals surface area contributed by atoms with Gasteiger partial charge in [-0.1, -0.05) is 12.1 Å². The van der Waals surface area contributed by atoms with Crippen molar-refractivity contribution in [2.45, 2.75) is 13.0 Å². The van der Waals surface area contributed by atoms with E-state index in [1.807, 2.05) is 24.3 Å². The minimum Gasteiger partial charge on any atom is -0.345 e. The van der Waals surface area contributed by atoms with E-state index in [1.165, 1.54) is 0 Å². The fourth-order valence-corrected chi connectivity index (χ4v) is 2.37. The van der Waals surface area contributed by atoms with Crippen molar-refractivity contribution in [1.29, 1.82) is 0 Å². The first-order chi connectivity index (χ1) is 7.61. The highest BCUT2D eigenvalue weighted by Crippen LogP contribution is 2.25. The maximum absolute atomic E-state index is 11.8. The van der Waals surface area contributed by atoms with Gasteiger partial charge in [-0.05, 0) is 41.6 Å². The highest BCUT2D eigenvalue weighted by atomic mass is 127. The Morgan fingerprint density at radius 2 is 2.06 bits per heavy atom. The largest absolute Gasteiger partial charge is 0.345 e.